The van der Waals surface area contributed by atoms with Crippen molar-refractivity contribution in [3.05, 3.63) is 59.9 Å². The largest absolute Gasteiger partial charge is 0.336 e. The monoisotopic (exact) mass is 374 g/mol. The minimum absolute atomic E-state index is 0.152. The molecule has 1 N–H and O–H groups in total. The summed E-state index contributed by atoms with van der Waals surface area (Å²) in [5, 5.41) is 0. The van der Waals surface area contributed by atoms with Gasteiger partial charge in [-0.05, 0) is 29.8 Å². The predicted octanol–water partition coefficient (Wildman–Crippen LogP) is 1.41. The van der Waals surface area contributed by atoms with Crippen LogP contribution in [0, 0.1) is 0 Å². The van der Waals surface area contributed by atoms with Crippen LogP contribution < -0.4 is 4.72 Å². The summed E-state index contributed by atoms with van der Waals surface area (Å²) in [6, 6.07) is 10.7. The molecule has 0 saturated carbocycles. The number of carbonyl (C=O) groups is 1. The molecule has 1 aliphatic heterocycles. The molecular weight excluding hydrogens is 352 g/mol. The number of piperazine rings is 1. The second-order valence-corrected chi connectivity index (χ2v) is 8.09. The number of carbonyl (C=O) groups excluding carboxylic acids is 1. The third-order valence-electron chi connectivity index (χ3n) is 4.27. The molecule has 0 spiro atoms. The van der Waals surface area contributed by atoms with Gasteiger partial charge in [-0.15, -0.1) is 0 Å². The highest BCUT2D eigenvalue weighted by Gasteiger charge is 2.24. The normalized spacial score (nSPS) is 15.7. The Balaban J connectivity index is 1.64. The fourth-order valence-electron chi connectivity index (χ4n) is 2.98. The quantitative estimate of drug-likeness (QED) is 0.856. The zero-order chi connectivity index (χ0) is 18.6. The lowest BCUT2D eigenvalue weighted by Gasteiger charge is -2.35. The van der Waals surface area contributed by atoms with Crippen LogP contribution in [-0.2, 0) is 16.6 Å². The van der Waals surface area contributed by atoms with Crippen molar-refractivity contribution in [1.82, 2.24) is 14.8 Å². The Labute approximate surface area is 153 Å². The molecule has 138 valence electrons. The Morgan fingerprint density at radius 1 is 1.08 bits per heavy atom. The van der Waals surface area contributed by atoms with Gasteiger partial charge in [0.2, 0.25) is 10.0 Å². The maximum atomic E-state index is 12.8. The Bertz CT molecular complexity index is 863. The van der Waals surface area contributed by atoms with E-state index in [0.29, 0.717) is 24.3 Å². The molecule has 26 heavy (non-hydrogen) atoms. The highest BCUT2D eigenvalue weighted by molar-refractivity contribution is 7.92. The third kappa shape index (κ3) is 4.80. The lowest BCUT2D eigenvalue weighted by Crippen LogP contribution is -2.48. The number of pyridine rings is 1. The number of aromatic nitrogens is 1. The first-order valence-electron chi connectivity index (χ1n) is 8.40. The number of hydrogen-bond acceptors (Lipinski definition) is 5. The molecule has 1 fully saturated rings. The van der Waals surface area contributed by atoms with Crippen LogP contribution in [0.5, 0.6) is 0 Å². The second kappa shape index (κ2) is 7.84. The minimum atomic E-state index is -3.44. The minimum Gasteiger partial charge on any atom is -0.336 e. The topological polar surface area (TPSA) is 82.6 Å². The molecule has 0 aliphatic carbocycles. The summed E-state index contributed by atoms with van der Waals surface area (Å²) in [5.41, 5.74) is 1.89. The van der Waals surface area contributed by atoms with Gasteiger partial charge >= 0.3 is 0 Å². The zero-order valence-electron chi connectivity index (χ0n) is 14.6. The van der Waals surface area contributed by atoms with Crippen molar-refractivity contribution in [3.8, 4) is 0 Å². The van der Waals surface area contributed by atoms with Crippen LogP contribution in [0.25, 0.3) is 0 Å². The summed E-state index contributed by atoms with van der Waals surface area (Å²) >= 11 is 0. The SMILES string of the molecule is CS(=O)(=O)Nc1ccccc1C(=O)N1CCN(Cc2ccncc2)CC1. The Hall–Kier alpha value is -2.45. The number of rotatable bonds is 5. The average molecular weight is 374 g/mol. The average Bonchev–Trinajstić information content (AvgIpc) is 2.62. The van der Waals surface area contributed by atoms with Gasteiger partial charge in [-0.2, -0.15) is 0 Å². The molecule has 3 rings (SSSR count). The number of anilines is 1. The second-order valence-electron chi connectivity index (χ2n) is 6.34. The molecule has 0 atom stereocenters. The van der Waals surface area contributed by atoms with Crippen LogP contribution in [-0.4, -0.2) is 61.5 Å². The molecular formula is C18H22N4O3S. The third-order valence-corrected chi connectivity index (χ3v) is 4.86. The summed E-state index contributed by atoms with van der Waals surface area (Å²) in [5.74, 6) is -0.152. The van der Waals surface area contributed by atoms with Gasteiger partial charge in [0.25, 0.3) is 5.91 Å². The number of benzene rings is 1. The number of nitrogens with one attached hydrogen (secondary N) is 1. The Kier molecular flexibility index (Phi) is 5.53. The van der Waals surface area contributed by atoms with Gasteiger partial charge in [-0.25, -0.2) is 8.42 Å². The first kappa shape index (κ1) is 18.3. The number of nitrogens with zero attached hydrogens (tertiary/aromatic N) is 3. The molecule has 1 saturated heterocycles. The van der Waals surface area contributed by atoms with E-state index in [2.05, 4.69) is 14.6 Å². The first-order valence-corrected chi connectivity index (χ1v) is 10.3. The van der Waals surface area contributed by atoms with E-state index in [4.69, 9.17) is 0 Å². The standard InChI is InChI=1S/C18H22N4O3S/c1-26(24,25)20-17-5-3-2-4-16(17)18(23)22-12-10-21(11-13-22)14-15-6-8-19-9-7-15/h2-9,20H,10-14H2,1H3. The highest BCUT2D eigenvalue weighted by atomic mass is 32.2. The first-order chi connectivity index (χ1) is 12.4. The number of para-hydroxylation sites is 1. The van der Waals surface area contributed by atoms with Crippen LogP contribution >= 0.6 is 0 Å². The van der Waals surface area contributed by atoms with Gasteiger partial charge in [0.15, 0.2) is 0 Å². The van der Waals surface area contributed by atoms with Crippen LogP contribution in [0.1, 0.15) is 15.9 Å². The van der Waals surface area contributed by atoms with E-state index in [1.54, 1.807) is 41.6 Å². The summed E-state index contributed by atoms with van der Waals surface area (Å²) in [7, 11) is -3.44. The van der Waals surface area contributed by atoms with E-state index >= 15 is 0 Å². The van der Waals surface area contributed by atoms with Crippen LogP contribution in [0.3, 0.4) is 0 Å². The van der Waals surface area contributed by atoms with Crippen LogP contribution in [0.4, 0.5) is 5.69 Å². The van der Waals surface area contributed by atoms with E-state index in [1.807, 2.05) is 12.1 Å². The molecule has 0 unspecified atom stereocenters. The van der Waals surface area contributed by atoms with Crippen molar-refractivity contribution >= 4 is 21.6 Å². The van der Waals surface area contributed by atoms with Gasteiger partial charge in [0.05, 0.1) is 17.5 Å². The fourth-order valence-corrected chi connectivity index (χ4v) is 3.56. The molecule has 8 heteroatoms. The van der Waals surface area contributed by atoms with Crippen molar-refractivity contribution in [2.75, 3.05) is 37.2 Å². The maximum Gasteiger partial charge on any atom is 0.256 e. The van der Waals surface area contributed by atoms with Crippen molar-refractivity contribution in [1.29, 1.82) is 0 Å². The van der Waals surface area contributed by atoms with E-state index < -0.39 is 10.0 Å². The van der Waals surface area contributed by atoms with Gasteiger partial charge in [0.1, 0.15) is 0 Å². The summed E-state index contributed by atoms with van der Waals surface area (Å²) in [4.78, 5) is 20.9. The van der Waals surface area contributed by atoms with Gasteiger partial charge in [0, 0.05) is 45.1 Å². The van der Waals surface area contributed by atoms with E-state index in [0.717, 1.165) is 25.9 Å². The highest BCUT2D eigenvalue weighted by Crippen LogP contribution is 2.19. The van der Waals surface area contributed by atoms with Gasteiger partial charge in [-0.1, -0.05) is 12.1 Å². The summed E-state index contributed by atoms with van der Waals surface area (Å²) in [6.45, 7) is 3.59. The number of amides is 1. The predicted molar refractivity (Wildman–Crippen MR) is 100 cm³/mol. The molecule has 0 radical (unpaired) electrons. The maximum absolute atomic E-state index is 12.8. The molecule has 7 nitrogen and oxygen atoms in total. The van der Waals surface area contributed by atoms with Crippen LogP contribution in [0.2, 0.25) is 0 Å². The molecule has 1 aliphatic rings. The van der Waals surface area contributed by atoms with Crippen molar-refractivity contribution < 1.29 is 13.2 Å². The molecule has 1 aromatic carbocycles. The van der Waals surface area contributed by atoms with Gasteiger partial charge in [-0.3, -0.25) is 19.4 Å². The zero-order valence-corrected chi connectivity index (χ0v) is 15.4. The van der Waals surface area contributed by atoms with Crippen LogP contribution in [0.15, 0.2) is 48.8 Å². The number of sulfonamides is 1. The summed E-state index contributed by atoms with van der Waals surface area (Å²) < 4.78 is 25.5. The molecule has 1 aromatic heterocycles. The molecule has 2 aromatic rings. The van der Waals surface area contributed by atoms with E-state index in [9.17, 15) is 13.2 Å². The molecule has 2 heterocycles. The summed E-state index contributed by atoms with van der Waals surface area (Å²) in [6.07, 6.45) is 4.63. The van der Waals surface area contributed by atoms with Crippen molar-refractivity contribution in [3.63, 3.8) is 0 Å². The Morgan fingerprint density at radius 2 is 1.73 bits per heavy atom. The number of hydrogen-bond donors (Lipinski definition) is 1. The van der Waals surface area contributed by atoms with Crippen molar-refractivity contribution in [2.24, 2.45) is 0 Å². The smallest absolute Gasteiger partial charge is 0.256 e. The van der Waals surface area contributed by atoms with Gasteiger partial charge < -0.3 is 4.90 Å². The lowest BCUT2D eigenvalue weighted by atomic mass is 10.1. The van der Waals surface area contributed by atoms with E-state index in [1.165, 1.54) is 5.56 Å². The molecule has 1 amide bonds. The van der Waals surface area contributed by atoms with E-state index in [-0.39, 0.29) is 5.91 Å². The molecule has 0 bridgehead atoms. The lowest BCUT2D eigenvalue weighted by molar-refractivity contribution is 0.0629. The Morgan fingerprint density at radius 3 is 2.38 bits per heavy atom. The van der Waals surface area contributed by atoms with Crippen molar-refractivity contribution in [2.45, 2.75) is 6.54 Å². The fraction of sp³-hybridized carbons (Fsp3) is 0.333.